The zero-order valence-corrected chi connectivity index (χ0v) is 16.4. The van der Waals surface area contributed by atoms with Crippen LogP contribution in [0, 0.1) is 0 Å². The van der Waals surface area contributed by atoms with Crippen molar-refractivity contribution in [2.24, 2.45) is 0 Å². The number of carbonyl (C=O) groups is 1. The van der Waals surface area contributed by atoms with Crippen LogP contribution >= 0.6 is 23.2 Å². The van der Waals surface area contributed by atoms with E-state index in [1.807, 2.05) is 0 Å². The monoisotopic (exact) mass is 442 g/mol. The van der Waals surface area contributed by atoms with E-state index in [9.17, 15) is 18.0 Å². The smallest absolute Gasteiger partial charge is 0.416 e. The molecule has 1 aromatic heterocycles. The Labute approximate surface area is 174 Å². The van der Waals surface area contributed by atoms with Crippen LogP contribution in [0.25, 0.3) is 11.3 Å². The Balaban J connectivity index is 1.97. The number of carboxylic acid groups (broad SMARTS) is 1. The molecule has 9 heteroatoms. The topological polar surface area (TPSA) is 55.1 Å². The summed E-state index contributed by atoms with van der Waals surface area (Å²) in [6, 6.07) is 11.5. The van der Waals surface area contributed by atoms with E-state index in [0.717, 1.165) is 17.7 Å². The summed E-state index contributed by atoms with van der Waals surface area (Å²) >= 11 is 12.0. The molecule has 0 aliphatic rings. The molecule has 4 nitrogen and oxygen atoms in total. The number of aromatic nitrogens is 2. The third-order valence-corrected chi connectivity index (χ3v) is 4.99. The summed E-state index contributed by atoms with van der Waals surface area (Å²) < 4.78 is 40.1. The summed E-state index contributed by atoms with van der Waals surface area (Å²) in [5, 5.41) is 14.1. The predicted octanol–water partition coefficient (Wildman–Crippen LogP) is 5.94. The van der Waals surface area contributed by atoms with Gasteiger partial charge in [0, 0.05) is 6.42 Å². The van der Waals surface area contributed by atoms with Crippen LogP contribution in [0.5, 0.6) is 0 Å². The molecule has 0 aliphatic heterocycles. The molecule has 0 bridgehead atoms. The number of aliphatic carboxylic acids is 1. The molecule has 0 aliphatic carbocycles. The first kappa shape index (κ1) is 21.2. The Morgan fingerprint density at radius 2 is 1.72 bits per heavy atom. The number of rotatable bonds is 6. The highest BCUT2D eigenvalue weighted by Gasteiger charge is 2.30. The van der Waals surface area contributed by atoms with Gasteiger partial charge in [0.15, 0.2) is 0 Å². The third kappa shape index (κ3) is 5.31. The Morgan fingerprint density at radius 1 is 1.03 bits per heavy atom. The van der Waals surface area contributed by atoms with Gasteiger partial charge < -0.3 is 5.11 Å². The molecule has 0 radical (unpaired) electrons. The number of nitrogens with zero attached hydrogens (tertiary/aromatic N) is 2. The Hall–Kier alpha value is -2.51. The van der Waals surface area contributed by atoms with Crippen molar-refractivity contribution in [2.45, 2.75) is 25.6 Å². The molecule has 29 heavy (non-hydrogen) atoms. The molecule has 0 unspecified atom stereocenters. The summed E-state index contributed by atoms with van der Waals surface area (Å²) in [5.41, 5.74) is 1.68. The van der Waals surface area contributed by atoms with Crippen LogP contribution < -0.4 is 0 Å². The number of halogens is 5. The average molecular weight is 443 g/mol. The molecule has 2 aromatic carbocycles. The van der Waals surface area contributed by atoms with Crippen molar-refractivity contribution in [1.82, 2.24) is 9.78 Å². The van der Waals surface area contributed by atoms with Crippen molar-refractivity contribution in [3.05, 3.63) is 75.4 Å². The molecule has 1 N–H and O–H groups in total. The van der Waals surface area contributed by atoms with Crippen LogP contribution in [0.15, 0.2) is 48.5 Å². The first-order valence-corrected chi connectivity index (χ1v) is 9.29. The van der Waals surface area contributed by atoms with Gasteiger partial charge in [0.2, 0.25) is 0 Å². The lowest BCUT2D eigenvalue weighted by Crippen LogP contribution is -2.06. The van der Waals surface area contributed by atoms with Gasteiger partial charge in [-0.3, -0.25) is 9.48 Å². The van der Waals surface area contributed by atoms with E-state index in [0.29, 0.717) is 33.5 Å². The molecule has 0 saturated carbocycles. The molecule has 152 valence electrons. The second kappa shape index (κ2) is 8.47. The standard InChI is InChI=1S/C20H15Cl2F3N2O2/c21-16-7-1-12(9-17(16)22)11-27-18(10-15(26-27)6-8-19(28)29)13-2-4-14(5-3-13)20(23,24)25/h1-5,7,9-10H,6,8,11H2,(H,28,29). The van der Waals surface area contributed by atoms with Gasteiger partial charge in [-0.05, 0) is 41.5 Å². The van der Waals surface area contributed by atoms with Crippen LogP contribution in [0.3, 0.4) is 0 Å². The van der Waals surface area contributed by atoms with Gasteiger partial charge in [-0.1, -0.05) is 41.4 Å². The van der Waals surface area contributed by atoms with E-state index in [1.54, 1.807) is 28.9 Å². The van der Waals surface area contributed by atoms with Gasteiger partial charge in [0.25, 0.3) is 0 Å². The zero-order chi connectivity index (χ0) is 21.2. The van der Waals surface area contributed by atoms with Crippen molar-refractivity contribution >= 4 is 29.2 Å². The highest BCUT2D eigenvalue weighted by atomic mass is 35.5. The Bertz CT molecular complexity index is 1030. The number of hydrogen-bond donors (Lipinski definition) is 1. The van der Waals surface area contributed by atoms with E-state index in [-0.39, 0.29) is 12.8 Å². The minimum Gasteiger partial charge on any atom is -0.481 e. The van der Waals surface area contributed by atoms with Gasteiger partial charge in [0.1, 0.15) is 0 Å². The van der Waals surface area contributed by atoms with E-state index >= 15 is 0 Å². The first-order chi connectivity index (χ1) is 13.6. The fraction of sp³-hybridized carbons (Fsp3) is 0.200. The van der Waals surface area contributed by atoms with Crippen LogP contribution in [-0.2, 0) is 23.9 Å². The maximum Gasteiger partial charge on any atom is 0.416 e. The summed E-state index contributed by atoms with van der Waals surface area (Å²) in [5.74, 6) is -0.958. The molecule has 1 heterocycles. The summed E-state index contributed by atoms with van der Waals surface area (Å²) in [4.78, 5) is 10.9. The summed E-state index contributed by atoms with van der Waals surface area (Å²) in [7, 11) is 0. The molecule has 0 amide bonds. The minimum atomic E-state index is -4.43. The molecular weight excluding hydrogens is 428 g/mol. The molecular formula is C20H15Cl2F3N2O2. The average Bonchev–Trinajstić information content (AvgIpc) is 3.05. The lowest BCUT2D eigenvalue weighted by Gasteiger charge is -2.10. The minimum absolute atomic E-state index is 0.101. The van der Waals surface area contributed by atoms with Crippen LogP contribution in [0.4, 0.5) is 13.2 Å². The van der Waals surface area contributed by atoms with Gasteiger partial charge in [-0.2, -0.15) is 18.3 Å². The first-order valence-electron chi connectivity index (χ1n) is 8.53. The second-order valence-corrected chi connectivity index (χ2v) is 7.21. The highest BCUT2D eigenvalue weighted by Crippen LogP contribution is 2.31. The highest BCUT2D eigenvalue weighted by molar-refractivity contribution is 6.42. The third-order valence-electron chi connectivity index (χ3n) is 4.25. The molecule has 3 aromatic rings. The largest absolute Gasteiger partial charge is 0.481 e. The molecule has 0 saturated heterocycles. The lowest BCUT2D eigenvalue weighted by molar-refractivity contribution is -0.138. The lowest BCUT2D eigenvalue weighted by atomic mass is 10.1. The van der Waals surface area contributed by atoms with Crippen molar-refractivity contribution < 1.29 is 23.1 Å². The van der Waals surface area contributed by atoms with Crippen LogP contribution in [0.1, 0.15) is 23.2 Å². The fourth-order valence-corrected chi connectivity index (χ4v) is 3.14. The SMILES string of the molecule is O=C(O)CCc1cc(-c2ccc(C(F)(F)F)cc2)n(Cc2ccc(Cl)c(Cl)c2)n1. The predicted molar refractivity (Wildman–Crippen MR) is 104 cm³/mol. The van der Waals surface area contributed by atoms with E-state index in [4.69, 9.17) is 28.3 Å². The van der Waals surface area contributed by atoms with Gasteiger partial charge >= 0.3 is 12.1 Å². The Morgan fingerprint density at radius 3 is 2.31 bits per heavy atom. The Kier molecular flexibility index (Phi) is 6.19. The number of benzene rings is 2. The normalized spacial score (nSPS) is 11.6. The van der Waals surface area contributed by atoms with Gasteiger partial charge in [-0.25, -0.2) is 0 Å². The summed E-state index contributed by atoms with van der Waals surface area (Å²) in [6.07, 6.45) is -4.32. The quantitative estimate of drug-likeness (QED) is 0.513. The van der Waals surface area contributed by atoms with Crippen LogP contribution in [-0.4, -0.2) is 20.9 Å². The number of alkyl halides is 3. The summed E-state index contributed by atoms with van der Waals surface area (Å²) in [6.45, 7) is 0.292. The van der Waals surface area contributed by atoms with E-state index in [1.165, 1.54) is 12.1 Å². The number of carboxylic acids is 1. The van der Waals surface area contributed by atoms with Gasteiger partial charge in [-0.15, -0.1) is 0 Å². The van der Waals surface area contributed by atoms with Gasteiger partial charge in [0.05, 0.1) is 40.0 Å². The van der Waals surface area contributed by atoms with E-state index < -0.39 is 17.7 Å². The molecule has 3 rings (SSSR count). The molecule has 0 fully saturated rings. The van der Waals surface area contributed by atoms with E-state index in [2.05, 4.69) is 5.10 Å². The van der Waals surface area contributed by atoms with Crippen molar-refractivity contribution in [2.75, 3.05) is 0 Å². The maximum absolute atomic E-state index is 12.8. The van der Waals surface area contributed by atoms with Crippen molar-refractivity contribution in [1.29, 1.82) is 0 Å². The van der Waals surface area contributed by atoms with Crippen LogP contribution in [0.2, 0.25) is 10.0 Å². The maximum atomic E-state index is 12.8. The molecule has 0 spiro atoms. The number of aryl methyl sites for hydroxylation is 1. The van der Waals surface area contributed by atoms with Crippen molar-refractivity contribution in [3.63, 3.8) is 0 Å². The zero-order valence-electron chi connectivity index (χ0n) is 14.9. The fourth-order valence-electron chi connectivity index (χ4n) is 2.82. The molecule has 0 atom stereocenters. The second-order valence-electron chi connectivity index (χ2n) is 6.40. The number of hydrogen-bond acceptors (Lipinski definition) is 2. The van der Waals surface area contributed by atoms with Crippen molar-refractivity contribution in [3.8, 4) is 11.3 Å².